The van der Waals surface area contributed by atoms with Gasteiger partial charge in [-0.3, -0.25) is 4.79 Å². The minimum Gasteiger partial charge on any atom is -0.352 e. The molecule has 0 spiro atoms. The van der Waals surface area contributed by atoms with Gasteiger partial charge in [-0.05, 0) is 41.8 Å². The summed E-state index contributed by atoms with van der Waals surface area (Å²) in [5.41, 5.74) is 4.18. The highest BCUT2D eigenvalue weighted by Gasteiger charge is 2.24. The summed E-state index contributed by atoms with van der Waals surface area (Å²) in [6, 6.07) is 20.3. The quantitative estimate of drug-likeness (QED) is 0.525. The molecule has 0 aliphatic carbocycles. The van der Waals surface area contributed by atoms with Crippen LogP contribution in [0.2, 0.25) is 0 Å². The van der Waals surface area contributed by atoms with Crippen LogP contribution in [0.5, 0.6) is 0 Å². The number of carbonyl (C=O) groups is 1. The molecule has 0 aliphatic rings. The van der Waals surface area contributed by atoms with Crippen LogP contribution >= 0.6 is 0 Å². The Hall–Kier alpha value is -3.47. The number of pyridine rings is 1. The Bertz CT molecular complexity index is 1140. The Morgan fingerprint density at radius 1 is 1.10 bits per heavy atom. The third kappa shape index (κ3) is 4.19. The molecule has 29 heavy (non-hydrogen) atoms. The summed E-state index contributed by atoms with van der Waals surface area (Å²) in [6.45, 7) is 2.44. The van der Waals surface area contributed by atoms with Gasteiger partial charge in [-0.25, -0.2) is 9.37 Å². The lowest BCUT2D eigenvalue weighted by Gasteiger charge is -2.18. The fourth-order valence-electron chi connectivity index (χ4n) is 3.55. The summed E-state index contributed by atoms with van der Waals surface area (Å²) in [4.78, 5) is 17.2. The highest BCUT2D eigenvalue weighted by atomic mass is 19.1. The van der Waals surface area contributed by atoms with Gasteiger partial charge in [-0.1, -0.05) is 48.5 Å². The average Bonchev–Trinajstić information content (AvgIpc) is 3.14. The van der Waals surface area contributed by atoms with Crippen LogP contribution in [0, 0.1) is 12.7 Å². The Morgan fingerprint density at radius 2 is 1.86 bits per heavy atom. The SMILES string of the molecule is Cc1ccn2c(C(CC(=O)NCc3ccccc3)c3ccccc3F)cnc2c1. The molecule has 0 saturated heterocycles. The van der Waals surface area contributed by atoms with Crippen LogP contribution in [-0.4, -0.2) is 15.3 Å². The Morgan fingerprint density at radius 3 is 2.66 bits per heavy atom. The van der Waals surface area contributed by atoms with E-state index in [1.807, 2.05) is 60.0 Å². The number of carbonyl (C=O) groups excluding carboxylic acids is 1. The van der Waals surface area contributed by atoms with Crippen LogP contribution in [-0.2, 0) is 11.3 Å². The summed E-state index contributed by atoms with van der Waals surface area (Å²) in [5, 5.41) is 2.95. The lowest BCUT2D eigenvalue weighted by Crippen LogP contribution is -2.25. The van der Waals surface area contributed by atoms with Gasteiger partial charge in [0, 0.05) is 31.3 Å². The second-order valence-electron chi connectivity index (χ2n) is 7.16. The average molecular weight is 387 g/mol. The molecule has 0 fully saturated rings. The number of nitrogens with zero attached hydrogens (tertiary/aromatic N) is 2. The Labute approximate surface area is 169 Å². The highest BCUT2D eigenvalue weighted by molar-refractivity contribution is 5.77. The van der Waals surface area contributed by atoms with Gasteiger partial charge in [0.25, 0.3) is 0 Å². The fraction of sp³-hybridized carbons (Fsp3) is 0.167. The van der Waals surface area contributed by atoms with Crippen LogP contribution in [0.25, 0.3) is 5.65 Å². The number of aromatic nitrogens is 2. The molecule has 146 valence electrons. The highest BCUT2D eigenvalue weighted by Crippen LogP contribution is 2.30. The monoisotopic (exact) mass is 387 g/mol. The number of amides is 1. The number of imidazole rings is 1. The smallest absolute Gasteiger partial charge is 0.221 e. The topological polar surface area (TPSA) is 46.4 Å². The van der Waals surface area contributed by atoms with Gasteiger partial charge in [0.15, 0.2) is 0 Å². The van der Waals surface area contributed by atoms with Crippen molar-refractivity contribution in [3.63, 3.8) is 0 Å². The zero-order chi connectivity index (χ0) is 20.2. The minimum atomic E-state index is -0.440. The van der Waals surface area contributed by atoms with Crippen molar-refractivity contribution < 1.29 is 9.18 Å². The predicted octanol–water partition coefficient (Wildman–Crippen LogP) is 4.62. The largest absolute Gasteiger partial charge is 0.352 e. The van der Waals surface area contributed by atoms with Crippen molar-refractivity contribution in [1.29, 1.82) is 0 Å². The molecule has 0 saturated carbocycles. The van der Waals surface area contributed by atoms with E-state index in [1.165, 1.54) is 6.07 Å². The van der Waals surface area contributed by atoms with Gasteiger partial charge in [0.2, 0.25) is 5.91 Å². The lowest BCUT2D eigenvalue weighted by atomic mass is 9.91. The molecule has 2 aromatic heterocycles. The van der Waals surface area contributed by atoms with Crippen molar-refractivity contribution >= 4 is 11.6 Å². The van der Waals surface area contributed by atoms with E-state index in [0.717, 1.165) is 22.5 Å². The summed E-state index contributed by atoms with van der Waals surface area (Å²) in [7, 11) is 0. The van der Waals surface area contributed by atoms with E-state index in [0.29, 0.717) is 12.1 Å². The van der Waals surface area contributed by atoms with Crippen molar-refractivity contribution in [3.05, 3.63) is 107 Å². The van der Waals surface area contributed by atoms with Crippen LogP contribution in [0.1, 0.15) is 34.7 Å². The van der Waals surface area contributed by atoms with Crippen molar-refractivity contribution in [2.75, 3.05) is 0 Å². The number of rotatable bonds is 6. The summed E-state index contributed by atoms with van der Waals surface area (Å²) in [6.07, 6.45) is 3.79. The number of nitrogens with one attached hydrogen (secondary N) is 1. The Balaban J connectivity index is 1.64. The van der Waals surface area contributed by atoms with Crippen LogP contribution in [0.15, 0.2) is 79.1 Å². The summed E-state index contributed by atoms with van der Waals surface area (Å²) in [5.74, 6) is -0.899. The van der Waals surface area contributed by atoms with E-state index < -0.39 is 5.92 Å². The third-order valence-corrected chi connectivity index (χ3v) is 5.06. The molecule has 4 aromatic rings. The van der Waals surface area contributed by atoms with Gasteiger partial charge in [0.1, 0.15) is 11.5 Å². The lowest BCUT2D eigenvalue weighted by molar-refractivity contribution is -0.121. The number of fused-ring (bicyclic) bond motifs is 1. The van der Waals surface area contributed by atoms with E-state index in [1.54, 1.807) is 24.4 Å². The van der Waals surface area contributed by atoms with Gasteiger partial charge in [-0.15, -0.1) is 0 Å². The van der Waals surface area contributed by atoms with E-state index in [4.69, 9.17) is 0 Å². The van der Waals surface area contributed by atoms with E-state index in [2.05, 4.69) is 10.3 Å². The number of hydrogen-bond donors (Lipinski definition) is 1. The van der Waals surface area contributed by atoms with Gasteiger partial charge in [0.05, 0.1) is 5.69 Å². The predicted molar refractivity (Wildman–Crippen MR) is 111 cm³/mol. The first-order valence-electron chi connectivity index (χ1n) is 9.60. The summed E-state index contributed by atoms with van der Waals surface area (Å²) >= 11 is 0. The van der Waals surface area contributed by atoms with Crippen molar-refractivity contribution in [3.8, 4) is 0 Å². The molecule has 5 heteroatoms. The van der Waals surface area contributed by atoms with Gasteiger partial charge < -0.3 is 9.72 Å². The molecule has 1 unspecified atom stereocenters. The molecule has 1 amide bonds. The first-order chi connectivity index (χ1) is 14.1. The molecule has 0 bridgehead atoms. The maximum Gasteiger partial charge on any atom is 0.221 e. The second kappa shape index (κ2) is 8.27. The van der Waals surface area contributed by atoms with E-state index in [-0.39, 0.29) is 18.1 Å². The first kappa shape index (κ1) is 18.9. The van der Waals surface area contributed by atoms with Crippen LogP contribution in [0.3, 0.4) is 0 Å². The standard InChI is InChI=1S/C24H22FN3O/c1-17-11-12-28-22(16-26-23(28)13-17)20(19-9-5-6-10-21(19)25)14-24(29)27-15-18-7-3-2-4-8-18/h2-13,16,20H,14-15H2,1H3,(H,27,29). The normalized spacial score (nSPS) is 12.1. The number of halogens is 1. The number of aryl methyl sites for hydroxylation is 1. The molecule has 4 nitrogen and oxygen atoms in total. The van der Waals surface area contributed by atoms with Crippen molar-refractivity contribution in [2.24, 2.45) is 0 Å². The summed E-state index contributed by atoms with van der Waals surface area (Å²) < 4.78 is 16.6. The maximum absolute atomic E-state index is 14.6. The molecule has 0 aliphatic heterocycles. The van der Waals surface area contributed by atoms with E-state index >= 15 is 0 Å². The second-order valence-corrected chi connectivity index (χ2v) is 7.16. The van der Waals surface area contributed by atoms with E-state index in [9.17, 15) is 9.18 Å². The van der Waals surface area contributed by atoms with Crippen LogP contribution < -0.4 is 5.32 Å². The number of benzene rings is 2. The van der Waals surface area contributed by atoms with Gasteiger partial charge in [-0.2, -0.15) is 0 Å². The zero-order valence-corrected chi connectivity index (χ0v) is 16.2. The Kier molecular flexibility index (Phi) is 5.38. The van der Waals surface area contributed by atoms with Crippen molar-refractivity contribution in [1.82, 2.24) is 14.7 Å². The van der Waals surface area contributed by atoms with Crippen molar-refractivity contribution in [2.45, 2.75) is 25.8 Å². The number of hydrogen-bond acceptors (Lipinski definition) is 2. The molecule has 2 aromatic carbocycles. The molecular formula is C24H22FN3O. The molecule has 4 rings (SSSR count). The zero-order valence-electron chi connectivity index (χ0n) is 16.2. The minimum absolute atomic E-state index is 0.134. The van der Waals surface area contributed by atoms with Gasteiger partial charge >= 0.3 is 0 Å². The maximum atomic E-state index is 14.6. The van der Waals surface area contributed by atoms with Crippen LogP contribution in [0.4, 0.5) is 4.39 Å². The molecule has 2 heterocycles. The molecule has 1 N–H and O–H groups in total. The third-order valence-electron chi connectivity index (χ3n) is 5.06. The molecule has 0 radical (unpaired) electrons. The molecular weight excluding hydrogens is 365 g/mol. The first-order valence-corrected chi connectivity index (χ1v) is 9.60. The molecule has 1 atom stereocenters. The fourth-order valence-corrected chi connectivity index (χ4v) is 3.55.